The zero-order valence-electron chi connectivity index (χ0n) is 11.1. The summed E-state index contributed by atoms with van der Waals surface area (Å²) in [5.41, 5.74) is 2.01. The van der Waals surface area contributed by atoms with Crippen LogP contribution in [0.3, 0.4) is 0 Å². The van der Waals surface area contributed by atoms with Gasteiger partial charge in [0.2, 0.25) is 0 Å². The van der Waals surface area contributed by atoms with Gasteiger partial charge in [-0.3, -0.25) is 4.79 Å². The molecule has 1 heterocycles. The van der Waals surface area contributed by atoms with Gasteiger partial charge in [0.1, 0.15) is 5.56 Å². The Bertz CT molecular complexity index is 700. The average molecular weight is 257 g/mol. The van der Waals surface area contributed by atoms with Crippen molar-refractivity contribution >= 4 is 5.97 Å². The predicted octanol–water partition coefficient (Wildman–Crippen LogP) is 2.37. The summed E-state index contributed by atoms with van der Waals surface area (Å²) in [6, 6.07) is 9.48. The van der Waals surface area contributed by atoms with E-state index in [1.54, 1.807) is 25.5 Å². The average Bonchev–Trinajstić information content (AvgIpc) is 2.38. The minimum Gasteiger partial charge on any atom is -0.477 e. The van der Waals surface area contributed by atoms with E-state index >= 15 is 0 Å². The van der Waals surface area contributed by atoms with E-state index in [-0.39, 0.29) is 5.56 Å². The summed E-state index contributed by atoms with van der Waals surface area (Å²) in [7, 11) is 1.77. The molecule has 0 unspecified atom stereocenters. The van der Waals surface area contributed by atoms with Gasteiger partial charge in [-0.2, -0.15) is 0 Å². The number of hydrogen-bond donors (Lipinski definition) is 1. The molecule has 0 spiro atoms. The van der Waals surface area contributed by atoms with Crippen LogP contribution in [0, 0.1) is 13.8 Å². The van der Waals surface area contributed by atoms with Crippen molar-refractivity contribution in [2.24, 2.45) is 7.05 Å². The Morgan fingerprint density at radius 3 is 2.26 bits per heavy atom. The molecule has 4 nitrogen and oxygen atoms in total. The summed E-state index contributed by atoms with van der Waals surface area (Å²) >= 11 is 0. The molecular formula is C15H15NO3. The molecule has 0 atom stereocenters. The van der Waals surface area contributed by atoms with Gasteiger partial charge in [-0.15, -0.1) is 0 Å². The highest BCUT2D eigenvalue weighted by molar-refractivity contribution is 5.89. The van der Waals surface area contributed by atoms with Gasteiger partial charge >= 0.3 is 5.97 Å². The van der Waals surface area contributed by atoms with Crippen molar-refractivity contribution in [1.29, 1.82) is 0 Å². The Kier molecular flexibility index (Phi) is 3.25. The first-order chi connectivity index (χ1) is 8.95. The lowest BCUT2D eigenvalue weighted by molar-refractivity contribution is 0.0693. The van der Waals surface area contributed by atoms with Crippen LogP contribution >= 0.6 is 0 Å². The van der Waals surface area contributed by atoms with Crippen LogP contribution in [0.5, 0.6) is 0 Å². The Morgan fingerprint density at radius 1 is 1.16 bits per heavy atom. The summed E-state index contributed by atoms with van der Waals surface area (Å²) in [5, 5.41) is 9.14. The SMILES string of the molecule is Cc1c(-c2ccccc2)n(C)c(C)c(C(=O)O)c1=O. The van der Waals surface area contributed by atoms with E-state index in [9.17, 15) is 9.59 Å². The quantitative estimate of drug-likeness (QED) is 0.898. The molecule has 98 valence electrons. The lowest BCUT2D eigenvalue weighted by atomic mass is 10.0. The molecule has 1 aromatic heterocycles. The number of carboxylic acid groups (broad SMARTS) is 1. The number of pyridine rings is 1. The molecule has 2 aromatic rings. The smallest absolute Gasteiger partial charge is 0.341 e. The van der Waals surface area contributed by atoms with E-state index in [2.05, 4.69) is 0 Å². The molecule has 1 aromatic carbocycles. The molecular weight excluding hydrogens is 242 g/mol. The van der Waals surface area contributed by atoms with E-state index < -0.39 is 11.4 Å². The third-order valence-electron chi connectivity index (χ3n) is 3.38. The van der Waals surface area contributed by atoms with Gasteiger partial charge in [0.05, 0.1) is 5.69 Å². The van der Waals surface area contributed by atoms with Crippen LogP contribution < -0.4 is 5.43 Å². The second-order valence-electron chi connectivity index (χ2n) is 4.49. The van der Waals surface area contributed by atoms with Crippen molar-refractivity contribution in [1.82, 2.24) is 4.57 Å². The van der Waals surface area contributed by atoms with E-state index in [0.29, 0.717) is 11.3 Å². The second-order valence-corrected chi connectivity index (χ2v) is 4.49. The third-order valence-corrected chi connectivity index (χ3v) is 3.38. The Balaban J connectivity index is 2.87. The fourth-order valence-corrected chi connectivity index (χ4v) is 2.30. The lowest BCUT2D eigenvalue weighted by Gasteiger charge is -2.17. The van der Waals surface area contributed by atoms with Gasteiger partial charge in [-0.05, 0) is 19.4 Å². The number of aromatic carboxylic acids is 1. The molecule has 2 rings (SSSR count). The number of hydrogen-bond acceptors (Lipinski definition) is 2. The number of carboxylic acids is 1. The fraction of sp³-hybridized carbons (Fsp3) is 0.200. The van der Waals surface area contributed by atoms with Gasteiger partial charge in [0, 0.05) is 18.3 Å². The molecule has 19 heavy (non-hydrogen) atoms. The lowest BCUT2D eigenvalue weighted by Crippen LogP contribution is -2.24. The van der Waals surface area contributed by atoms with E-state index in [4.69, 9.17) is 5.11 Å². The van der Waals surface area contributed by atoms with Crippen LogP contribution in [-0.4, -0.2) is 15.6 Å². The fourth-order valence-electron chi connectivity index (χ4n) is 2.30. The van der Waals surface area contributed by atoms with Gasteiger partial charge < -0.3 is 9.67 Å². The van der Waals surface area contributed by atoms with Crippen LogP contribution in [0.25, 0.3) is 11.3 Å². The molecule has 0 saturated carbocycles. The van der Waals surface area contributed by atoms with Crippen molar-refractivity contribution in [3.8, 4) is 11.3 Å². The summed E-state index contributed by atoms with van der Waals surface area (Å²) in [4.78, 5) is 23.4. The standard InChI is InChI=1S/C15H15NO3/c1-9-13(11-7-5-4-6-8-11)16(3)10(2)12(14(9)17)15(18)19/h4-8H,1-3H3,(H,18,19). The molecule has 1 N–H and O–H groups in total. The molecule has 0 fully saturated rings. The maximum Gasteiger partial charge on any atom is 0.341 e. The molecule has 4 heteroatoms. The van der Waals surface area contributed by atoms with E-state index in [1.807, 2.05) is 30.3 Å². The van der Waals surface area contributed by atoms with Crippen molar-refractivity contribution in [2.75, 3.05) is 0 Å². The summed E-state index contributed by atoms with van der Waals surface area (Å²) in [6.07, 6.45) is 0. The molecule has 0 amide bonds. The first kappa shape index (κ1) is 13.1. The van der Waals surface area contributed by atoms with E-state index in [0.717, 1.165) is 11.3 Å². The zero-order chi connectivity index (χ0) is 14.2. The Labute approximate surface area is 110 Å². The molecule has 0 saturated heterocycles. The maximum atomic E-state index is 12.2. The predicted molar refractivity (Wildman–Crippen MR) is 73.6 cm³/mol. The molecule has 0 radical (unpaired) electrons. The largest absolute Gasteiger partial charge is 0.477 e. The third kappa shape index (κ3) is 2.05. The van der Waals surface area contributed by atoms with Crippen molar-refractivity contribution < 1.29 is 9.90 Å². The number of benzene rings is 1. The maximum absolute atomic E-state index is 12.2. The van der Waals surface area contributed by atoms with E-state index in [1.165, 1.54) is 0 Å². The van der Waals surface area contributed by atoms with Crippen LogP contribution in [-0.2, 0) is 7.05 Å². The molecule has 0 aliphatic carbocycles. The number of aromatic nitrogens is 1. The monoisotopic (exact) mass is 257 g/mol. The minimum atomic E-state index is -1.18. The van der Waals surface area contributed by atoms with Crippen molar-refractivity contribution in [2.45, 2.75) is 13.8 Å². The van der Waals surface area contributed by atoms with Crippen molar-refractivity contribution in [3.63, 3.8) is 0 Å². The van der Waals surface area contributed by atoms with Gasteiger partial charge in [0.15, 0.2) is 5.43 Å². The zero-order valence-corrected chi connectivity index (χ0v) is 11.1. The molecule has 0 aliphatic heterocycles. The van der Waals surface area contributed by atoms with Gasteiger partial charge in [-0.1, -0.05) is 30.3 Å². The van der Waals surface area contributed by atoms with Crippen molar-refractivity contribution in [3.05, 3.63) is 57.4 Å². The molecule has 0 aliphatic rings. The highest BCUT2D eigenvalue weighted by Gasteiger charge is 2.20. The Hall–Kier alpha value is -2.36. The number of nitrogens with zero attached hydrogens (tertiary/aromatic N) is 1. The van der Waals surface area contributed by atoms with Gasteiger partial charge in [-0.25, -0.2) is 4.79 Å². The highest BCUT2D eigenvalue weighted by atomic mass is 16.4. The van der Waals surface area contributed by atoms with Gasteiger partial charge in [0.25, 0.3) is 0 Å². The van der Waals surface area contributed by atoms with Crippen LogP contribution in [0.1, 0.15) is 21.6 Å². The van der Waals surface area contributed by atoms with Crippen LogP contribution in [0.2, 0.25) is 0 Å². The second kappa shape index (κ2) is 4.72. The Morgan fingerprint density at radius 2 is 1.74 bits per heavy atom. The number of carbonyl (C=O) groups is 1. The normalized spacial score (nSPS) is 10.5. The molecule has 0 bridgehead atoms. The first-order valence-electron chi connectivity index (χ1n) is 5.94. The topological polar surface area (TPSA) is 59.3 Å². The summed E-state index contributed by atoms with van der Waals surface area (Å²) in [6.45, 7) is 3.31. The first-order valence-corrected chi connectivity index (χ1v) is 5.94. The highest BCUT2D eigenvalue weighted by Crippen LogP contribution is 2.23. The summed E-state index contributed by atoms with van der Waals surface area (Å²) in [5.74, 6) is -1.18. The minimum absolute atomic E-state index is 0.153. The summed E-state index contributed by atoms with van der Waals surface area (Å²) < 4.78 is 1.76. The van der Waals surface area contributed by atoms with Crippen LogP contribution in [0.4, 0.5) is 0 Å². The number of rotatable bonds is 2. The van der Waals surface area contributed by atoms with Crippen LogP contribution in [0.15, 0.2) is 35.1 Å².